The molecule has 0 saturated carbocycles. The summed E-state index contributed by atoms with van der Waals surface area (Å²) in [5.74, 6) is 0.795. The molecule has 0 atom stereocenters. The topological polar surface area (TPSA) is 63.1 Å². The van der Waals surface area contributed by atoms with E-state index < -0.39 is 0 Å². The van der Waals surface area contributed by atoms with Crippen LogP contribution in [0.2, 0.25) is 0 Å². The highest BCUT2D eigenvalue weighted by Gasteiger charge is 2.24. The van der Waals surface area contributed by atoms with Gasteiger partial charge in [0.05, 0.1) is 39.3 Å². The summed E-state index contributed by atoms with van der Waals surface area (Å²) in [5, 5.41) is 2.72. The molecule has 2 aliphatic rings. The molecule has 2 aromatic rings. The Kier molecular flexibility index (Phi) is 5.58. The van der Waals surface area contributed by atoms with E-state index in [-0.39, 0.29) is 18.4 Å². The number of hydrogen-bond acceptors (Lipinski definition) is 3. The first-order valence-corrected chi connectivity index (χ1v) is 9.88. The Labute approximate surface area is 165 Å². The van der Waals surface area contributed by atoms with Crippen LogP contribution in [0.4, 0.5) is 0 Å². The van der Waals surface area contributed by atoms with Gasteiger partial charge in [-0.15, -0.1) is 0 Å². The van der Waals surface area contributed by atoms with Crippen molar-refractivity contribution in [2.75, 3.05) is 39.3 Å². The minimum absolute atomic E-state index is 0.0157. The highest BCUT2D eigenvalue weighted by Crippen LogP contribution is 2.25. The van der Waals surface area contributed by atoms with Gasteiger partial charge in [-0.25, -0.2) is 0 Å². The van der Waals surface area contributed by atoms with E-state index in [1.165, 1.54) is 16.0 Å². The molecule has 2 aliphatic heterocycles. The summed E-state index contributed by atoms with van der Waals surface area (Å²) in [4.78, 5) is 27.8. The van der Waals surface area contributed by atoms with Crippen molar-refractivity contribution in [2.24, 2.45) is 0 Å². The van der Waals surface area contributed by atoms with Gasteiger partial charge in [-0.2, -0.15) is 0 Å². The van der Waals surface area contributed by atoms with Gasteiger partial charge in [0.1, 0.15) is 12.3 Å². The van der Waals surface area contributed by atoms with Crippen LogP contribution in [0, 0.1) is 0 Å². The lowest BCUT2D eigenvalue weighted by Gasteiger charge is -2.32. The monoisotopic (exact) mass is 380 g/mol. The molecule has 1 saturated heterocycles. The van der Waals surface area contributed by atoms with Crippen LogP contribution in [0.15, 0.2) is 48.5 Å². The summed E-state index contributed by atoms with van der Waals surface area (Å²) in [5.41, 5.74) is 3.21. The Hall–Kier alpha value is -2.86. The molecule has 2 heterocycles. The lowest BCUT2D eigenvalue weighted by Crippen LogP contribution is -3.13. The molecule has 0 radical (unpaired) electrons. The first-order valence-electron chi connectivity index (χ1n) is 9.88. The molecule has 2 amide bonds. The largest absolute Gasteiger partial charge is 0.493 e. The SMILES string of the molecule is O=C(NCC(=O)N1CC[NH+](Cc2ccc3c(c2)CCO3)CC1)c1ccccc1. The van der Waals surface area contributed by atoms with Crippen molar-refractivity contribution in [2.45, 2.75) is 13.0 Å². The molecule has 28 heavy (non-hydrogen) atoms. The first-order chi connectivity index (χ1) is 13.7. The van der Waals surface area contributed by atoms with E-state index in [1.807, 2.05) is 23.1 Å². The fourth-order valence-electron chi connectivity index (χ4n) is 3.85. The maximum absolute atomic E-state index is 12.4. The molecule has 0 unspecified atom stereocenters. The molecule has 2 N–H and O–H groups in total. The molecule has 0 spiro atoms. The van der Waals surface area contributed by atoms with Crippen molar-refractivity contribution in [3.05, 3.63) is 65.2 Å². The van der Waals surface area contributed by atoms with E-state index in [9.17, 15) is 9.59 Å². The van der Waals surface area contributed by atoms with Crippen LogP contribution in [-0.2, 0) is 17.8 Å². The molecule has 6 heteroatoms. The van der Waals surface area contributed by atoms with Gasteiger partial charge in [0.25, 0.3) is 5.91 Å². The minimum Gasteiger partial charge on any atom is -0.493 e. The molecule has 146 valence electrons. The number of ether oxygens (including phenoxy) is 1. The zero-order valence-corrected chi connectivity index (χ0v) is 15.9. The Morgan fingerprint density at radius 2 is 1.86 bits per heavy atom. The van der Waals surface area contributed by atoms with Crippen LogP contribution in [0.3, 0.4) is 0 Å². The second-order valence-corrected chi connectivity index (χ2v) is 7.40. The number of fused-ring (bicyclic) bond motifs is 1. The van der Waals surface area contributed by atoms with Crippen molar-refractivity contribution in [3.8, 4) is 5.75 Å². The molecule has 0 aliphatic carbocycles. The number of rotatable bonds is 5. The predicted molar refractivity (Wildman–Crippen MR) is 105 cm³/mol. The number of carbonyl (C=O) groups excluding carboxylic acids is 2. The lowest BCUT2D eigenvalue weighted by atomic mass is 10.1. The maximum Gasteiger partial charge on any atom is 0.251 e. The quantitative estimate of drug-likeness (QED) is 0.783. The summed E-state index contributed by atoms with van der Waals surface area (Å²) < 4.78 is 5.57. The van der Waals surface area contributed by atoms with Crippen molar-refractivity contribution >= 4 is 11.8 Å². The van der Waals surface area contributed by atoms with Crippen molar-refractivity contribution in [1.82, 2.24) is 10.2 Å². The summed E-state index contributed by atoms with van der Waals surface area (Å²) in [6.45, 7) is 5.10. The molecule has 6 nitrogen and oxygen atoms in total. The summed E-state index contributed by atoms with van der Waals surface area (Å²) >= 11 is 0. The van der Waals surface area contributed by atoms with E-state index in [2.05, 4.69) is 23.5 Å². The molecule has 0 bridgehead atoms. The number of quaternary nitrogens is 1. The smallest absolute Gasteiger partial charge is 0.251 e. The third kappa shape index (κ3) is 4.34. The standard InChI is InChI=1S/C22H25N3O3/c26-21(15-23-22(27)18-4-2-1-3-5-18)25-11-9-24(10-12-25)16-17-6-7-20-19(14-17)8-13-28-20/h1-7,14H,8-13,15-16H2,(H,23,27)/p+1. The van der Waals surface area contributed by atoms with Crippen LogP contribution in [0.5, 0.6) is 5.75 Å². The average Bonchev–Trinajstić information content (AvgIpc) is 3.21. The first kappa shape index (κ1) is 18.5. The van der Waals surface area contributed by atoms with Crippen LogP contribution >= 0.6 is 0 Å². The van der Waals surface area contributed by atoms with E-state index in [0.717, 1.165) is 51.5 Å². The van der Waals surface area contributed by atoms with Crippen molar-refractivity contribution < 1.29 is 19.2 Å². The normalized spacial score (nSPS) is 16.4. The average molecular weight is 380 g/mol. The van der Waals surface area contributed by atoms with Crippen LogP contribution in [0.25, 0.3) is 0 Å². The van der Waals surface area contributed by atoms with Gasteiger partial charge in [-0.05, 0) is 35.9 Å². The van der Waals surface area contributed by atoms with Gasteiger partial charge < -0.3 is 19.9 Å². The summed E-state index contributed by atoms with van der Waals surface area (Å²) in [6, 6.07) is 15.5. The van der Waals surface area contributed by atoms with E-state index in [1.54, 1.807) is 12.1 Å². The number of carbonyl (C=O) groups is 2. The summed E-state index contributed by atoms with van der Waals surface area (Å²) in [7, 11) is 0. The molecule has 1 fully saturated rings. The van der Waals surface area contributed by atoms with Crippen molar-refractivity contribution in [3.63, 3.8) is 0 Å². The lowest BCUT2D eigenvalue weighted by molar-refractivity contribution is -0.917. The van der Waals surface area contributed by atoms with Gasteiger partial charge in [-0.1, -0.05) is 18.2 Å². The second kappa shape index (κ2) is 8.44. The van der Waals surface area contributed by atoms with Crippen molar-refractivity contribution in [1.29, 1.82) is 0 Å². The van der Waals surface area contributed by atoms with Gasteiger partial charge in [0.2, 0.25) is 5.91 Å². The Bertz CT molecular complexity index is 845. The second-order valence-electron chi connectivity index (χ2n) is 7.40. The third-order valence-electron chi connectivity index (χ3n) is 5.47. The number of nitrogens with one attached hydrogen (secondary N) is 2. The Morgan fingerprint density at radius 3 is 2.64 bits per heavy atom. The fourth-order valence-corrected chi connectivity index (χ4v) is 3.85. The molecular weight excluding hydrogens is 354 g/mol. The summed E-state index contributed by atoms with van der Waals surface area (Å²) in [6.07, 6.45) is 0.996. The minimum atomic E-state index is -0.209. The van der Waals surface area contributed by atoms with E-state index in [0.29, 0.717) is 5.56 Å². The zero-order chi connectivity index (χ0) is 19.3. The number of hydrogen-bond donors (Lipinski definition) is 2. The van der Waals surface area contributed by atoms with Crippen LogP contribution in [-0.4, -0.2) is 56.0 Å². The Balaban J connectivity index is 1.22. The number of piperazine rings is 1. The predicted octanol–water partition coefficient (Wildman–Crippen LogP) is 0.279. The molecule has 0 aromatic heterocycles. The van der Waals surface area contributed by atoms with Crippen LogP contribution in [0.1, 0.15) is 21.5 Å². The molecular formula is C22H26N3O3+. The molecule has 2 aromatic carbocycles. The maximum atomic E-state index is 12.4. The fraction of sp³-hybridized carbons (Fsp3) is 0.364. The van der Waals surface area contributed by atoms with Crippen LogP contribution < -0.4 is 15.0 Å². The van der Waals surface area contributed by atoms with Gasteiger partial charge in [-0.3, -0.25) is 9.59 Å². The van der Waals surface area contributed by atoms with E-state index in [4.69, 9.17) is 4.74 Å². The van der Waals surface area contributed by atoms with Gasteiger partial charge in [0.15, 0.2) is 0 Å². The zero-order valence-electron chi connectivity index (χ0n) is 15.9. The van der Waals surface area contributed by atoms with E-state index >= 15 is 0 Å². The highest BCUT2D eigenvalue weighted by atomic mass is 16.5. The highest BCUT2D eigenvalue weighted by molar-refractivity contribution is 5.96. The van der Waals surface area contributed by atoms with Gasteiger partial charge in [0, 0.05) is 17.5 Å². The van der Waals surface area contributed by atoms with Gasteiger partial charge >= 0.3 is 0 Å². The molecule has 4 rings (SSSR count). The third-order valence-corrected chi connectivity index (χ3v) is 5.47. The number of nitrogens with zero attached hydrogens (tertiary/aromatic N) is 1. The number of benzene rings is 2. The Morgan fingerprint density at radius 1 is 1.07 bits per heavy atom. The number of amides is 2.